The summed E-state index contributed by atoms with van der Waals surface area (Å²) in [5.41, 5.74) is 5.31. The zero-order valence-corrected chi connectivity index (χ0v) is 10.6. The third-order valence-corrected chi connectivity index (χ3v) is 3.27. The highest BCUT2D eigenvalue weighted by Gasteiger charge is 2.37. The SMILES string of the molecule is CC(C)(C)C(CN)N1CC=C(C(F)(F)F)CC1. The number of hydrogen-bond donors (Lipinski definition) is 1. The fourth-order valence-electron chi connectivity index (χ4n) is 2.28. The summed E-state index contributed by atoms with van der Waals surface area (Å²) in [6, 6.07) is 0.119. The first-order valence-corrected chi connectivity index (χ1v) is 5.86. The molecule has 1 aliphatic heterocycles. The van der Waals surface area contributed by atoms with E-state index in [0.717, 1.165) is 0 Å². The van der Waals surface area contributed by atoms with Gasteiger partial charge in [0.15, 0.2) is 0 Å². The summed E-state index contributed by atoms with van der Waals surface area (Å²) in [6.07, 6.45) is -2.82. The van der Waals surface area contributed by atoms with E-state index in [1.807, 2.05) is 4.90 Å². The molecule has 2 nitrogen and oxygen atoms in total. The van der Waals surface area contributed by atoms with Gasteiger partial charge in [-0.25, -0.2) is 0 Å². The molecule has 100 valence electrons. The Labute approximate surface area is 101 Å². The van der Waals surface area contributed by atoms with Gasteiger partial charge in [0, 0.05) is 31.2 Å². The van der Waals surface area contributed by atoms with E-state index >= 15 is 0 Å². The predicted octanol–water partition coefficient (Wildman–Crippen LogP) is 2.55. The van der Waals surface area contributed by atoms with Crippen molar-refractivity contribution in [3.05, 3.63) is 11.6 Å². The van der Waals surface area contributed by atoms with Crippen LogP contribution in [0.4, 0.5) is 13.2 Å². The number of hydrogen-bond acceptors (Lipinski definition) is 2. The highest BCUT2D eigenvalue weighted by Crippen LogP contribution is 2.32. The average Bonchev–Trinajstić information content (AvgIpc) is 2.16. The third-order valence-electron chi connectivity index (χ3n) is 3.27. The van der Waals surface area contributed by atoms with Crippen LogP contribution in [0.25, 0.3) is 0 Å². The molecule has 0 aromatic carbocycles. The molecule has 0 saturated heterocycles. The monoisotopic (exact) mass is 250 g/mol. The van der Waals surface area contributed by atoms with Crippen molar-refractivity contribution in [3.8, 4) is 0 Å². The second kappa shape index (κ2) is 4.98. The zero-order chi connectivity index (χ0) is 13.3. The molecule has 0 amide bonds. The number of halogens is 3. The third kappa shape index (κ3) is 3.71. The van der Waals surface area contributed by atoms with Crippen LogP contribution in [0.1, 0.15) is 27.2 Å². The predicted molar refractivity (Wildman–Crippen MR) is 62.6 cm³/mol. The van der Waals surface area contributed by atoms with E-state index in [4.69, 9.17) is 5.73 Å². The molecule has 0 aromatic rings. The smallest absolute Gasteiger partial charge is 0.329 e. The molecule has 1 unspecified atom stereocenters. The highest BCUT2D eigenvalue weighted by atomic mass is 19.4. The summed E-state index contributed by atoms with van der Waals surface area (Å²) >= 11 is 0. The van der Waals surface area contributed by atoms with Crippen LogP contribution in [0.3, 0.4) is 0 Å². The van der Waals surface area contributed by atoms with E-state index in [1.54, 1.807) is 0 Å². The summed E-state index contributed by atoms with van der Waals surface area (Å²) in [5, 5.41) is 0. The van der Waals surface area contributed by atoms with Crippen molar-refractivity contribution < 1.29 is 13.2 Å². The van der Waals surface area contributed by atoms with Crippen LogP contribution in [0.2, 0.25) is 0 Å². The summed E-state index contributed by atoms with van der Waals surface area (Å²) in [7, 11) is 0. The first-order chi connectivity index (χ1) is 7.66. The van der Waals surface area contributed by atoms with Gasteiger partial charge < -0.3 is 5.73 Å². The fourth-order valence-corrected chi connectivity index (χ4v) is 2.28. The quantitative estimate of drug-likeness (QED) is 0.763. The minimum absolute atomic E-state index is 0.0155. The van der Waals surface area contributed by atoms with Crippen molar-refractivity contribution in [1.82, 2.24) is 4.90 Å². The van der Waals surface area contributed by atoms with Crippen LogP contribution in [0.15, 0.2) is 11.6 Å². The molecule has 2 N–H and O–H groups in total. The molecule has 5 heteroatoms. The second-order valence-electron chi connectivity index (χ2n) is 5.59. The van der Waals surface area contributed by atoms with Crippen LogP contribution in [0, 0.1) is 5.41 Å². The number of alkyl halides is 3. The summed E-state index contributed by atoms with van der Waals surface area (Å²) in [5.74, 6) is 0. The fraction of sp³-hybridized carbons (Fsp3) is 0.833. The van der Waals surface area contributed by atoms with Gasteiger partial charge in [-0.3, -0.25) is 4.90 Å². The zero-order valence-electron chi connectivity index (χ0n) is 10.6. The molecule has 0 spiro atoms. The van der Waals surface area contributed by atoms with Gasteiger partial charge in [-0.2, -0.15) is 13.2 Å². The first kappa shape index (κ1) is 14.5. The molecule has 1 aliphatic rings. The summed E-state index contributed by atoms with van der Waals surface area (Å²) in [4.78, 5) is 2.04. The lowest BCUT2D eigenvalue weighted by molar-refractivity contribution is -0.0968. The maximum Gasteiger partial charge on any atom is 0.412 e. The highest BCUT2D eigenvalue weighted by molar-refractivity contribution is 5.13. The summed E-state index contributed by atoms with van der Waals surface area (Å²) in [6.45, 7) is 7.44. The Bertz CT molecular complexity index is 289. The minimum atomic E-state index is -4.17. The van der Waals surface area contributed by atoms with Crippen molar-refractivity contribution in [3.63, 3.8) is 0 Å². The number of rotatable bonds is 2. The van der Waals surface area contributed by atoms with Gasteiger partial charge in [0.2, 0.25) is 0 Å². The Hall–Kier alpha value is -0.550. The first-order valence-electron chi connectivity index (χ1n) is 5.86. The Morgan fingerprint density at radius 3 is 2.24 bits per heavy atom. The normalized spacial score (nSPS) is 21.2. The van der Waals surface area contributed by atoms with E-state index in [9.17, 15) is 13.2 Å². The minimum Gasteiger partial charge on any atom is -0.329 e. The van der Waals surface area contributed by atoms with Crippen molar-refractivity contribution in [2.75, 3.05) is 19.6 Å². The van der Waals surface area contributed by atoms with Gasteiger partial charge in [0.25, 0.3) is 0 Å². The lowest BCUT2D eigenvalue weighted by atomic mass is 9.85. The van der Waals surface area contributed by atoms with Crippen molar-refractivity contribution >= 4 is 0 Å². The van der Waals surface area contributed by atoms with Crippen molar-refractivity contribution in [2.45, 2.75) is 39.4 Å². The van der Waals surface area contributed by atoms with Gasteiger partial charge in [0.05, 0.1) is 0 Å². The Kier molecular flexibility index (Phi) is 4.25. The van der Waals surface area contributed by atoms with Crippen LogP contribution in [0.5, 0.6) is 0 Å². The second-order valence-corrected chi connectivity index (χ2v) is 5.59. The molecular weight excluding hydrogens is 229 g/mol. The topological polar surface area (TPSA) is 29.3 Å². The molecule has 0 fully saturated rings. The van der Waals surface area contributed by atoms with Crippen LogP contribution < -0.4 is 5.73 Å². The van der Waals surface area contributed by atoms with Crippen molar-refractivity contribution in [1.29, 1.82) is 0 Å². The van der Waals surface area contributed by atoms with Gasteiger partial charge in [-0.1, -0.05) is 26.8 Å². The molecular formula is C12H21F3N2. The van der Waals surface area contributed by atoms with E-state index in [-0.39, 0.29) is 17.9 Å². The maximum absolute atomic E-state index is 12.5. The molecule has 1 atom stereocenters. The van der Waals surface area contributed by atoms with Gasteiger partial charge >= 0.3 is 6.18 Å². The Morgan fingerprint density at radius 2 is 1.94 bits per heavy atom. The van der Waals surface area contributed by atoms with E-state index in [2.05, 4.69) is 20.8 Å². The van der Waals surface area contributed by atoms with E-state index in [1.165, 1.54) is 6.08 Å². The molecule has 0 aromatic heterocycles. The van der Waals surface area contributed by atoms with Crippen molar-refractivity contribution in [2.24, 2.45) is 11.1 Å². The molecule has 0 saturated carbocycles. The van der Waals surface area contributed by atoms with Gasteiger partial charge in [-0.05, 0) is 11.8 Å². The standard InChI is InChI=1S/C12H21F3N2/c1-11(2,3)10(8-16)17-6-4-9(5-7-17)12(13,14)15/h4,10H,5-8,16H2,1-3H3. The lowest BCUT2D eigenvalue weighted by Gasteiger charge is -2.41. The molecule has 17 heavy (non-hydrogen) atoms. The Morgan fingerprint density at radius 1 is 1.35 bits per heavy atom. The van der Waals surface area contributed by atoms with Gasteiger partial charge in [-0.15, -0.1) is 0 Å². The van der Waals surface area contributed by atoms with E-state index < -0.39 is 11.7 Å². The van der Waals surface area contributed by atoms with E-state index in [0.29, 0.717) is 19.6 Å². The molecule has 1 rings (SSSR count). The number of nitrogens with two attached hydrogens (primary N) is 1. The average molecular weight is 250 g/mol. The maximum atomic E-state index is 12.5. The lowest BCUT2D eigenvalue weighted by Crippen LogP contribution is -2.50. The Balaban J connectivity index is 2.71. The molecule has 0 aliphatic carbocycles. The summed E-state index contributed by atoms with van der Waals surface area (Å²) < 4.78 is 37.4. The molecule has 0 radical (unpaired) electrons. The largest absolute Gasteiger partial charge is 0.412 e. The molecule has 1 heterocycles. The molecule has 0 bridgehead atoms. The van der Waals surface area contributed by atoms with Gasteiger partial charge in [0.1, 0.15) is 0 Å². The number of nitrogens with zero attached hydrogens (tertiary/aromatic N) is 1. The van der Waals surface area contributed by atoms with Crippen LogP contribution in [-0.2, 0) is 0 Å². The van der Waals surface area contributed by atoms with Crippen LogP contribution in [-0.4, -0.2) is 36.8 Å². The van der Waals surface area contributed by atoms with Crippen LogP contribution >= 0.6 is 0 Å².